The van der Waals surface area contributed by atoms with Gasteiger partial charge < -0.3 is 14.7 Å². The van der Waals surface area contributed by atoms with Crippen molar-refractivity contribution in [2.75, 3.05) is 24.6 Å². The van der Waals surface area contributed by atoms with Crippen LogP contribution < -0.4 is 14.4 Å². The van der Waals surface area contributed by atoms with Crippen molar-refractivity contribution in [2.45, 2.75) is 75.1 Å². The third-order valence-corrected chi connectivity index (χ3v) is 11.8. The largest absolute Gasteiger partial charge is 0.490 e. The molecule has 2 aromatic carbocycles. The maximum absolute atomic E-state index is 13.4. The van der Waals surface area contributed by atoms with E-state index in [0.29, 0.717) is 29.3 Å². The molecule has 2 bridgehead atoms. The van der Waals surface area contributed by atoms with Crippen molar-refractivity contribution >= 4 is 35.1 Å². The summed E-state index contributed by atoms with van der Waals surface area (Å²) in [5.74, 6) is 2.68. The lowest BCUT2D eigenvalue weighted by Crippen LogP contribution is -2.49. The summed E-state index contributed by atoms with van der Waals surface area (Å²) in [4.78, 5) is 15.9. The van der Waals surface area contributed by atoms with Crippen molar-refractivity contribution in [2.24, 2.45) is 23.7 Å². The zero-order valence-corrected chi connectivity index (χ0v) is 25.4. The van der Waals surface area contributed by atoms with E-state index >= 15 is 0 Å². The summed E-state index contributed by atoms with van der Waals surface area (Å²) in [5.41, 5.74) is 4.18. The molecule has 0 unspecified atom stereocenters. The first-order valence-electron chi connectivity index (χ1n) is 15.5. The second-order valence-electron chi connectivity index (χ2n) is 13.2. The van der Waals surface area contributed by atoms with Crippen molar-refractivity contribution in [1.29, 1.82) is 0 Å². The van der Waals surface area contributed by atoms with Gasteiger partial charge in [0, 0.05) is 34.3 Å². The van der Waals surface area contributed by atoms with Gasteiger partial charge in [-0.1, -0.05) is 36.7 Å². The molecule has 0 aromatic heterocycles. The standard InChI is InChI=1S/C34H41ClN2O3S/c1-21-27(22-7-8-22)5-2-6-31(38)28-12-9-25(28)18-37-19-34(15-3-4-23-16-26(35)11-13-29(23)34)20-40-32-14-10-24(17-30(32)37)33(39)36-41-21/h2,6,10-11,13-14,16-17,21-22,25,27-28,31,38H,3-5,7-9,12,15,18-20H2,1H3,(H,36,39)/b6-2-/t21-,25-,27-,28+,31-,34-/m0/s1. The Labute approximate surface area is 253 Å². The van der Waals surface area contributed by atoms with Gasteiger partial charge >= 0.3 is 0 Å². The molecule has 0 radical (unpaired) electrons. The van der Waals surface area contributed by atoms with Crippen molar-refractivity contribution in [1.82, 2.24) is 4.72 Å². The zero-order chi connectivity index (χ0) is 28.1. The first kappa shape index (κ1) is 27.7. The highest BCUT2D eigenvalue weighted by Gasteiger charge is 2.44. The Kier molecular flexibility index (Phi) is 7.53. The van der Waals surface area contributed by atoms with E-state index < -0.39 is 6.10 Å². The van der Waals surface area contributed by atoms with Gasteiger partial charge in [0.2, 0.25) is 0 Å². The Morgan fingerprint density at radius 3 is 2.76 bits per heavy atom. The van der Waals surface area contributed by atoms with E-state index in [1.165, 1.54) is 24.0 Å². The van der Waals surface area contributed by atoms with Crippen molar-refractivity contribution in [3.05, 3.63) is 70.3 Å². The van der Waals surface area contributed by atoms with Gasteiger partial charge in [-0.15, -0.1) is 0 Å². The van der Waals surface area contributed by atoms with Gasteiger partial charge in [-0.3, -0.25) is 9.52 Å². The van der Waals surface area contributed by atoms with E-state index in [1.807, 2.05) is 24.3 Å². The molecule has 7 rings (SSSR count). The fourth-order valence-corrected chi connectivity index (χ4v) is 9.03. The van der Waals surface area contributed by atoms with E-state index in [-0.39, 0.29) is 17.2 Å². The minimum Gasteiger partial charge on any atom is -0.490 e. The molecule has 3 aliphatic carbocycles. The maximum atomic E-state index is 13.4. The molecule has 2 heterocycles. The van der Waals surface area contributed by atoms with Crippen LogP contribution in [-0.4, -0.2) is 42.1 Å². The Balaban J connectivity index is 1.25. The van der Waals surface area contributed by atoms with Crippen LogP contribution in [0.15, 0.2) is 48.6 Å². The Bertz CT molecular complexity index is 1350. The average Bonchev–Trinajstić information content (AvgIpc) is 3.80. The number of ether oxygens (including phenoxy) is 1. The average molecular weight is 593 g/mol. The number of aliphatic hydroxyl groups is 1. The second-order valence-corrected chi connectivity index (χ2v) is 14.8. The van der Waals surface area contributed by atoms with Gasteiger partial charge in [0.05, 0.1) is 18.4 Å². The minimum absolute atomic E-state index is 0.0460. The van der Waals surface area contributed by atoms with Crippen LogP contribution in [0.2, 0.25) is 5.02 Å². The number of fused-ring (bicyclic) bond motifs is 4. The molecule has 2 aliphatic heterocycles. The van der Waals surface area contributed by atoms with Gasteiger partial charge in [-0.2, -0.15) is 0 Å². The van der Waals surface area contributed by atoms with Crippen molar-refractivity contribution in [3.63, 3.8) is 0 Å². The lowest BCUT2D eigenvalue weighted by molar-refractivity contribution is 0.0455. The topological polar surface area (TPSA) is 61.8 Å². The van der Waals surface area contributed by atoms with Gasteiger partial charge in [-0.05, 0) is 128 Å². The summed E-state index contributed by atoms with van der Waals surface area (Å²) in [6.07, 6.45) is 12.7. The number of amides is 1. The first-order chi connectivity index (χ1) is 19.9. The number of carbonyl (C=O) groups is 1. The van der Waals surface area contributed by atoms with E-state index in [2.05, 4.69) is 40.8 Å². The van der Waals surface area contributed by atoms with E-state index in [1.54, 1.807) is 11.9 Å². The smallest absolute Gasteiger partial charge is 0.261 e. The van der Waals surface area contributed by atoms with Crippen molar-refractivity contribution in [3.8, 4) is 5.75 Å². The van der Waals surface area contributed by atoms with E-state index in [0.717, 1.165) is 74.0 Å². The third-order valence-electron chi connectivity index (χ3n) is 10.6. The molecule has 218 valence electrons. The molecule has 1 spiro atoms. The number of hydrogen-bond acceptors (Lipinski definition) is 5. The van der Waals surface area contributed by atoms with Crippen molar-refractivity contribution < 1.29 is 14.6 Å². The molecule has 7 heteroatoms. The van der Waals surface area contributed by atoms with Crippen LogP contribution in [0.25, 0.3) is 0 Å². The summed E-state index contributed by atoms with van der Waals surface area (Å²) in [6.45, 7) is 4.50. The van der Waals surface area contributed by atoms with Gasteiger partial charge in [0.15, 0.2) is 0 Å². The molecule has 5 nitrogen and oxygen atoms in total. The molecule has 5 aliphatic rings. The number of hydrogen-bond donors (Lipinski definition) is 2. The number of nitrogens with zero attached hydrogens (tertiary/aromatic N) is 1. The fourth-order valence-electron chi connectivity index (χ4n) is 7.91. The molecule has 2 aromatic rings. The highest BCUT2D eigenvalue weighted by molar-refractivity contribution is 7.98. The predicted molar refractivity (Wildman–Crippen MR) is 167 cm³/mol. The van der Waals surface area contributed by atoms with Gasteiger partial charge in [0.1, 0.15) is 5.75 Å². The van der Waals surface area contributed by atoms with Crippen LogP contribution >= 0.6 is 23.5 Å². The number of aliphatic hydroxyl groups excluding tert-OH is 1. The Hall–Kier alpha value is -2.15. The van der Waals surface area contributed by atoms with Gasteiger partial charge in [0.25, 0.3) is 5.91 Å². The Morgan fingerprint density at radius 2 is 1.95 bits per heavy atom. The SMILES string of the molecule is C[C@@H]1SNC(=O)c2ccc3c(c2)N(C[C@@H]2CC[C@H]2[C@@H](O)/C=C\C[C@@H]1C1CC1)C[C@@]1(CCCc2cc(Cl)ccc21)CO3. The van der Waals surface area contributed by atoms with Crippen LogP contribution in [0.5, 0.6) is 5.75 Å². The molecule has 1 amide bonds. The van der Waals surface area contributed by atoms with Crippen LogP contribution in [0.4, 0.5) is 5.69 Å². The molecular weight excluding hydrogens is 552 g/mol. The lowest BCUT2D eigenvalue weighted by Gasteiger charge is -2.45. The second kappa shape index (κ2) is 11.2. The number of anilines is 1. The zero-order valence-electron chi connectivity index (χ0n) is 23.9. The molecule has 2 fully saturated rings. The summed E-state index contributed by atoms with van der Waals surface area (Å²) in [7, 11) is 0. The number of benzene rings is 2. The molecule has 2 saturated carbocycles. The molecule has 2 N–H and O–H groups in total. The normalized spacial score (nSPS) is 34.4. The van der Waals surface area contributed by atoms with Crippen LogP contribution in [0.3, 0.4) is 0 Å². The number of rotatable bonds is 1. The third kappa shape index (κ3) is 5.41. The number of aryl methyl sites for hydroxylation is 1. The van der Waals surface area contributed by atoms with Gasteiger partial charge in [-0.25, -0.2) is 0 Å². The predicted octanol–water partition coefficient (Wildman–Crippen LogP) is 6.95. The monoisotopic (exact) mass is 592 g/mol. The number of halogens is 1. The highest BCUT2D eigenvalue weighted by Crippen LogP contribution is 2.47. The van der Waals surface area contributed by atoms with E-state index in [9.17, 15) is 9.90 Å². The number of carbonyl (C=O) groups excluding carboxylic acids is 1. The molecule has 6 atom stereocenters. The lowest BCUT2D eigenvalue weighted by atomic mass is 9.68. The number of allylic oxidation sites excluding steroid dienone is 1. The molecule has 41 heavy (non-hydrogen) atoms. The van der Waals surface area contributed by atoms with Crippen LogP contribution in [-0.2, 0) is 11.8 Å². The summed E-state index contributed by atoms with van der Waals surface area (Å²) in [5, 5.41) is 12.4. The molecular formula is C34H41ClN2O3S. The first-order valence-corrected chi connectivity index (χ1v) is 16.8. The fraction of sp³-hybridized carbons (Fsp3) is 0.559. The van der Waals surface area contributed by atoms with Crippen LogP contribution in [0, 0.1) is 23.7 Å². The summed E-state index contributed by atoms with van der Waals surface area (Å²) in [6, 6.07) is 12.3. The van der Waals surface area contributed by atoms with E-state index in [4.69, 9.17) is 16.3 Å². The van der Waals surface area contributed by atoms with Crippen LogP contribution in [0.1, 0.15) is 73.4 Å². The maximum Gasteiger partial charge on any atom is 0.261 e. The quantitative estimate of drug-likeness (QED) is 0.277. The highest BCUT2D eigenvalue weighted by atomic mass is 35.5. The molecule has 0 saturated heterocycles. The summed E-state index contributed by atoms with van der Waals surface area (Å²) < 4.78 is 9.79. The minimum atomic E-state index is -0.412. The summed E-state index contributed by atoms with van der Waals surface area (Å²) >= 11 is 7.96. The number of nitrogens with one attached hydrogen (secondary N) is 1. The Morgan fingerprint density at radius 1 is 1.10 bits per heavy atom.